The summed E-state index contributed by atoms with van der Waals surface area (Å²) in [6, 6.07) is 15.2. The molecule has 2 N–H and O–H groups in total. The molecule has 0 unspecified atom stereocenters. The molecule has 0 atom stereocenters. The van der Waals surface area contributed by atoms with Gasteiger partial charge in [0.05, 0.1) is 0 Å². The van der Waals surface area contributed by atoms with Gasteiger partial charge in [-0.3, -0.25) is 15.0 Å². The number of nitrogens with one attached hydrogen (secondary N) is 2. The number of thioether (sulfide) groups is 1. The van der Waals surface area contributed by atoms with Crippen molar-refractivity contribution in [3.05, 3.63) is 76.5 Å². The number of benzene rings is 2. The number of carbonyl (C=O) groups is 2. The van der Waals surface area contributed by atoms with Crippen LogP contribution in [-0.4, -0.2) is 11.7 Å². The van der Waals surface area contributed by atoms with Gasteiger partial charge >= 0.3 is 0 Å². The molecule has 0 saturated heterocycles. The van der Waals surface area contributed by atoms with Crippen LogP contribution < -0.4 is 10.9 Å². The lowest BCUT2D eigenvalue weighted by Crippen LogP contribution is -2.37. The highest BCUT2D eigenvalue weighted by atomic mass is 35.5. The van der Waals surface area contributed by atoms with E-state index in [4.69, 9.17) is 11.6 Å². The Morgan fingerprint density at radius 1 is 1.04 bits per heavy atom. The van der Waals surface area contributed by atoms with Gasteiger partial charge in [0.2, 0.25) is 0 Å². The van der Waals surface area contributed by atoms with Crippen LogP contribution in [0, 0.1) is 0 Å². The summed E-state index contributed by atoms with van der Waals surface area (Å²) < 4.78 is 0. The van der Waals surface area contributed by atoms with Crippen molar-refractivity contribution < 1.29 is 9.59 Å². The van der Waals surface area contributed by atoms with Crippen LogP contribution in [0.3, 0.4) is 0 Å². The summed E-state index contributed by atoms with van der Waals surface area (Å²) in [7, 11) is 0. The summed E-state index contributed by atoms with van der Waals surface area (Å²) in [6.45, 7) is 0. The molecule has 0 bridgehead atoms. The first-order valence-electron chi connectivity index (χ1n) is 8.37. The highest BCUT2D eigenvalue weighted by Gasteiger charge is 2.11. The van der Waals surface area contributed by atoms with Crippen LogP contribution in [0.4, 0.5) is 0 Å². The van der Waals surface area contributed by atoms with Crippen LogP contribution in [0.25, 0.3) is 0 Å². The first-order chi connectivity index (χ1) is 12.6. The van der Waals surface area contributed by atoms with Gasteiger partial charge < -0.3 is 5.43 Å². The van der Waals surface area contributed by atoms with Gasteiger partial charge in [-0.25, -0.2) is 0 Å². The van der Waals surface area contributed by atoms with E-state index in [-0.39, 0.29) is 11.7 Å². The highest BCUT2D eigenvalue weighted by Crippen LogP contribution is 2.24. The van der Waals surface area contributed by atoms with Crippen molar-refractivity contribution in [1.82, 2.24) is 10.9 Å². The molecule has 6 heteroatoms. The van der Waals surface area contributed by atoms with Gasteiger partial charge in [-0.1, -0.05) is 23.7 Å². The van der Waals surface area contributed by atoms with Crippen molar-refractivity contribution in [3.63, 3.8) is 0 Å². The molecule has 1 amide bonds. The fraction of sp³-hybridized carbons (Fsp3) is 0.200. The van der Waals surface area contributed by atoms with E-state index in [1.165, 1.54) is 0 Å². The minimum atomic E-state index is -0.221. The van der Waals surface area contributed by atoms with Crippen LogP contribution in [0.2, 0.25) is 5.02 Å². The summed E-state index contributed by atoms with van der Waals surface area (Å²) in [4.78, 5) is 24.7. The molecule has 3 rings (SSSR count). The fourth-order valence-electron chi connectivity index (χ4n) is 2.55. The van der Waals surface area contributed by atoms with E-state index >= 15 is 0 Å². The summed E-state index contributed by atoms with van der Waals surface area (Å²) in [6.07, 6.45) is 3.72. The van der Waals surface area contributed by atoms with Crippen LogP contribution in [-0.2, 0) is 10.5 Å². The number of halogens is 1. The predicted molar refractivity (Wildman–Crippen MR) is 105 cm³/mol. The number of carbonyl (C=O) groups excluding carboxylic acids is 2. The molecule has 1 aliphatic rings. The Balaban J connectivity index is 1.51. The smallest absolute Gasteiger partial charge is 0.269 e. The number of ketones is 1. The molecule has 4 nitrogen and oxygen atoms in total. The van der Waals surface area contributed by atoms with Crippen molar-refractivity contribution in [2.24, 2.45) is 0 Å². The van der Waals surface area contributed by atoms with Gasteiger partial charge in [-0.15, -0.1) is 11.8 Å². The van der Waals surface area contributed by atoms with Gasteiger partial charge in [0, 0.05) is 39.4 Å². The maximum Gasteiger partial charge on any atom is 0.269 e. The number of allylic oxidation sites excluding steroid dienone is 2. The second-order valence-electron chi connectivity index (χ2n) is 6.01. The molecular weight excluding hydrogens is 368 g/mol. The molecule has 0 aromatic heterocycles. The zero-order valence-electron chi connectivity index (χ0n) is 14.1. The van der Waals surface area contributed by atoms with Crippen LogP contribution in [0.1, 0.15) is 35.2 Å². The zero-order chi connectivity index (χ0) is 18.4. The Kier molecular flexibility index (Phi) is 6.36. The summed E-state index contributed by atoms with van der Waals surface area (Å²) in [5.41, 5.74) is 7.95. The van der Waals surface area contributed by atoms with Crippen LogP contribution in [0.15, 0.2) is 65.2 Å². The maximum absolute atomic E-state index is 12.2. The number of hydrogen-bond donors (Lipinski definition) is 2. The van der Waals surface area contributed by atoms with Gasteiger partial charge in [-0.05, 0) is 54.8 Å². The Hall–Kier alpha value is -2.24. The molecule has 0 spiro atoms. The van der Waals surface area contributed by atoms with Crippen molar-refractivity contribution in [1.29, 1.82) is 0 Å². The van der Waals surface area contributed by atoms with Crippen molar-refractivity contribution >= 4 is 35.1 Å². The fourth-order valence-corrected chi connectivity index (χ4v) is 3.53. The van der Waals surface area contributed by atoms with Gasteiger partial charge in [0.15, 0.2) is 5.78 Å². The number of hydrogen-bond acceptors (Lipinski definition) is 4. The number of hydrazine groups is 1. The number of rotatable bonds is 6. The van der Waals surface area contributed by atoms with Crippen LogP contribution in [0.5, 0.6) is 0 Å². The predicted octanol–water partition coefficient (Wildman–Crippen LogP) is 4.50. The molecule has 2 aromatic carbocycles. The van der Waals surface area contributed by atoms with E-state index in [1.54, 1.807) is 30.0 Å². The lowest BCUT2D eigenvalue weighted by molar-refractivity contribution is -0.115. The monoisotopic (exact) mass is 386 g/mol. The molecule has 0 aliphatic heterocycles. The third-order valence-electron chi connectivity index (χ3n) is 3.98. The second-order valence-corrected chi connectivity index (χ2v) is 7.49. The molecule has 0 fully saturated rings. The van der Waals surface area contributed by atoms with Crippen molar-refractivity contribution in [2.75, 3.05) is 0 Å². The van der Waals surface area contributed by atoms with E-state index in [9.17, 15) is 9.59 Å². The maximum atomic E-state index is 12.2. The zero-order valence-corrected chi connectivity index (χ0v) is 15.7. The number of amides is 1. The average Bonchev–Trinajstić information content (AvgIpc) is 2.66. The molecule has 2 aromatic rings. The lowest BCUT2D eigenvalue weighted by Gasteiger charge is -2.15. The SMILES string of the molecule is O=C1C=C(NNC(=O)c2ccc(CSc3ccc(Cl)cc3)cc2)CCC1. The van der Waals surface area contributed by atoms with Crippen LogP contribution >= 0.6 is 23.4 Å². The largest absolute Gasteiger partial charge is 0.302 e. The average molecular weight is 387 g/mol. The summed E-state index contributed by atoms with van der Waals surface area (Å²) in [5.74, 6) is 0.688. The topological polar surface area (TPSA) is 58.2 Å². The van der Waals surface area contributed by atoms with E-state index in [2.05, 4.69) is 10.9 Å². The van der Waals surface area contributed by atoms with E-state index in [1.807, 2.05) is 36.4 Å². The van der Waals surface area contributed by atoms with Gasteiger partial charge in [0.25, 0.3) is 5.91 Å². The van der Waals surface area contributed by atoms with Gasteiger partial charge in [0.1, 0.15) is 0 Å². The normalized spacial score (nSPS) is 13.9. The third-order valence-corrected chi connectivity index (χ3v) is 5.31. The third kappa shape index (κ3) is 5.38. The summed E-state index contributed by atoms with van der Waals surface area (Å²) in [5, 5.41) is 0.728. The molecule has 0 saturated carbocycles. The quantitative estimate of drug-likeness (QED) is 0.566. The van der Waals surface area contributed by atoms with Crippen molar-refractivity contribution in [3.8, 4) is 0 Å². The lowest BCUT2D eigenvalue weighted by atomic mass is 10.0. The van der Waals surface area contributed by atoms with E-state index in [0.29, 0.717) is 12.0 Å². The second kappa shape index (κ2) is 8.92. The molecule has 1 aliphatic carbocycles. The standard InChI is InChI=1S/C20H19ClN2O2S/c21-16-8-10-19(11-9-16)26-13-14-4-6-15(7-5-14)20(25)23-22-17-2-1-3-18(24)12-17/h4-12,22H,1-3,13H2,(H,23,25). The van der Waals surface area contributed by atoms with E-state index < -0.39 is 0 Å². The van der Waals surface area contributed by atoms with Crippen molar-refractivity contribution in [2.45, 2.75) is 29.9 Å². The first kappa shape index (κ1) is 18.5. The Labute approximate surface area is 162 Å². The van der Waals surface area contributed by atoms with E-state index in [0.717, 1.165) is 39.8 Å². The highest BCUT2D eigenvalue weighted by molar-refractivity contribution is 7.98. The molecule has 26 heavy (non-hydrogen) atoms. The molecule has 134 valence electrons. The van der Waals surface area contributed by atoms with Gasteiger partial charge in [-0.2, -0.15) is 0 Å². The molecule has 0 radical (unpaired) electrons. The molecule has 0 heterocycles. The minimum Gasteiger partial charge on any atom is -0.302 e. The minimum absolute atomic E-state index is 0.0931. The molecular formula is C20H19ClN2O2S. The Bertz CT molecular complexity index is 817. The first-order valence-corrected chi connectivity index (χ1v) is 9.73. The Morgan fingerprint density at radius 3 is 2.46 bits per heavy atom. The Morgan fingerprint density at radius 2 is 1.77 bits per heavy atom. The summed E-state index contributed by atoms with van der Waals surface area (Å²) >= 11 is 7.60.